The number of hydrogen-bond donors (Lipinski definition) is 0. The van der Waals surface area contributed by atoms with Gasteiger partial charge in [-0.1, -0.05) is 108 Å². The lowest BCUT2D eigenvalue weighted by Crippen LogP contribution is -2.26. The van der Waals surface area contributed by atoms with E-state index in [4.69, 9.17) is 0 Å². The highest BCUT2D eigenvalue weighted by Gasteiger charge is 2.27. The van der Waals surface area contributed by atoms with Gasteiger partial charge in [-0.2, -0.15) is 0 Å². The molecule has 0 bridgehead atoms. The number of carbonyl (C=O) groups is 1. The van der Waals surface area contributed by atoms with E-state index in [2.05, 4.69) is 105 Å². The van der Waals surface area contributed by atoms with Crippen LogP contribution in [0.5, 0.6) is 0 Å². The smallest absolute Gasteiger partial charge is 0.166 e. The summed E-state index contributed by atoms with van der Waals surface area (Å²) < 4.78 is 0. The second-order valence-corrected chi connectivity index (χ2v) is 12.1. The van der Waals surface area contributed by atoms with Gasteiger partial charge in [0.25, 0.3) is 0 Å². The number of carbonyl (C=O) groups excluding carboxylic acids is 1. The SMILES string of the molecule is CC(C)c1cc(C(C)C)c(C(=O)[O-])c(C(C)C)c1.c1ccc([S+](c2ccccc2)c2ccccc2)cc1. The fourth-order valence-corrected chi connectivity index (χ4v) is 6.37. The minimum absolute atomic E-state index is 0.0146. The number of benzene rings is 4. The Hall–Kier alpha value is -3.30. The van der Waals surface area contributed by atoms with Gasteiger partial charge < -0.3 is 9.90 Å². The standard InChI is InChI=1S/C18H15S.C16H24O2/c1-4-10-16(11-5-1)19(17-12-6-2-7-13-17)18-14-8-3-9-15-18;1-9(2)12-7-13(10(3)4)15(16(17)18)14(8-12)11(5)6/h1-15H;7-11H,1-6H3,(H,17,18)/q+1;/p-1. The van der Waals surface area contributed by atoms with Gasteiger partial charge in [-0.3, -0.25) is 0 Å². The first-order chi connectivity index (χ1) is 17.7. The average Bonchev–Trinajstić information content (AvgIpc) is 2.90. The largest absolute Gasteiger partial charge is 0.545 e. The zero-order chi connectivity index (χ0) is 26.9. The quantitative estimate of drug-likeness (QED) is 0.235. The van der Waals surface area contributed by atoms with Crippen molar-refractivity contribution in [1.29, 1.82) is 0 Å². The molecule has 0 radical (unpaired) electrons. The maximum atomic E-state index is 11.4. The van der Waals surface area contributed by atoms with Crippen LogP contribution in [0.25, 0.3) is 0 Å². The molecule has 2 nitrogen and oxygen atoms in total. The van der Waals surface area contributed by atoms with Gasteiger partial charge in [-0.25, -0.2) is 0 Å². The Balaban J connectivity index is 0.000000206. The second-order valence-electron chi connectivity index (χ2n) is 10.1. The van der Waals surface area contributed by atoms with Crippen molar-refractivity contribution in [2.75, 3.05) is 0 Å². The molecule has 0 spiro atoms. The highest BCUT2D eigenvalue weighted by atomic mass is 32.2. The number of rotatable bonds is 7. The van der Waals surface area contributed by atoms with Crippen molar-refractivity contribution in [3.8, 4) is 0 Å². The van der Waals surface area contributed by atoms with Crippen LogP contribution in [-0.2, 0) is 10.9 Å². The summed E-state index contributed by atoms with van der Waals surface area (Å²) in [5, 5.41) is 11.4. The minimum atomic E-state index is -1.06. The van der Waals surface area contributed by atoms with E-state index in [0.29, 0.717) is 11.5 Å². The predicted molar refractivity (Wildman–Crippen MR) is 155 cm³/mol. The molecule has 0 amide bonds. The second kappa shape index (κ2) is 13.3. The maximum Gasteiger partial charge on any atom is 0.166 e. The Kier molecular flexibility index (Phi) is 10.2. The van der Waals surface area contributed by atoms with Gasteiger partial charge in [0.1, 0.15) is 0 Å². The van der Waals surface area contributed by atoms with Crippen LogP contribution < -0.4 is 5.11 Å². The lowest BCUT2D eigenvalue weighted by Gasteiger charge is -2.23. The summed E-state index contributed by atoms with van der Waals surface area (Å²) in [6, 6.07) is 36.2. The maximum absolute atomic E-state index is 11.4. The minimum Gasteiger partial charge on any atom is -0.545 e. The van der Waals surface area contributed by atoms with Gasteiger partial charge >= 0.3 is 0 Å². The van der Waals surface area contributed by atoms with Gasteiger partial charge in [0, 0.05) is 5.56 Å². The summed E-state index contributed by atoms with van der Waals surface area (Å²) in [7, 11) is -0.0146. The molecule has 4 aromatic carbocycles. The summed E-state index contributed by atoms with van der Waals surface area (Å²) in [6.45, 7) is 12.3. The van der Waals surface area contributed by atoms with Crippen LogP contribution in [0, 0.1) is 0 Å². The normalized spacial score (nSPS) is 11.1. The monoisotopic (exact) mass is 510 g/mol. The molecule has 0 atom stereocenters. The first-order valence-corrected chi connectivity index (χ1v) is 14.2. The van der Waals surface area contributed by atoms with Gasteiger partial charge in [0.05, 0.1) is 16.9 Å². The molecule has 37 heavy (non-hydrogen) atoms. The molecule has 4 aromatic rings. The molecular weight excluding hydrogens is 472 g/mol. The molecule has 4 rings (SSSR count). The highest BCUT2D eigenvalue weighted by Crippen LogP contribution is 2.32. The average molecular weight is 511 g/mol. The Morgan fingerprint density at radius 1 is 0.568 bits per heavy atom. The molecule has 0 unspecified atom stereocenters. The first-order valence-electron chi connectivity index (χ1n) is 13.0. The van der Waals surface area contributed by atoms with E-state index in [0.717, 1.165) is 11.1 Å². The molecule has 0 heterocycles. The molecule has 192 valence electrons. The van der Waals surface area contributed by atoms with E-state index in [1.54, 1.807) is 0 Å². The van der Waals surface area contributed by atoms with Crippen LogP contribution in [0.1, 0.15) is 86.3 Å². The molecular formula is C34H38O2S. The third kappa shape index (κ3) is 7.36. The lowest BCUT2D eigenvalue weighted by molar-refractivity contribution is -0.255. The fourth-order valence-electron chi connectivity index (χ4n) is 4.27. The van der Waals surface area contributed by atoms with Crippen LogP contribution in [0.4, 0.5) is 0 Å². The highest BCUT2D eigenvalue weighted by molar-refractivity contribution is 7.97. The molecule has 3 heteroatoms. The zero-order valence-electron chi connectivity index (χ0n) is 22.8. The Morgan fingerprint density at radius 3 is 1.14 bits per heavy atom. The third-order valence-electron chi connectivity index (χ3n) is 6.27. The van der Waals surface area contributed by atoms with Crippen molar-refractivity contribution in [3.63, 3.8) is 0 Å². The molecule has 0 aliphatic heterocycles. The summed E-state index contributed by atoms with van der Waals surface area (Å²) in [5.74, 6) is -0.281. The van der Waals surface area contributed by atoms with Gasteiger partial charge in [0.2, 0.25) is 0 Å². The van der Waals surface area contributed by atoms with Crippen LogP contribution >= 0.6 is 0 Å². The third-order valence-corrected chi connectivity index (χ3v) is 8.50. The van der Waals surface area contributed by atoms with E-state index in [9.17, 15) is 9.90 Å². The van der Waals surface area contributed by atoms with E-state index < -0.39 is 5.97 Å². The fraction of sp³-hybridized carbons (Fsp3) is 0.265. The number of aromatic carboxylic acids is 1. The topological polar surface area (TPSA) is 40.1 Å². The van der Waals surface area contributed by atoms with E-state index in [-0.39, 0.29) is 22.7 Å². The van der Waals surface area contributed by atoms with Crippen molar-refractivity contribution in [2.24, 2.45) is 0 Å². The van der Waals surface area contributed by atoms with Crippen molar-refractivity contribution >= 4 is 16.9 Å². The van der Waals surface area contributed by atoms with Gasteiger partial charge in [-0.05, 0) is 70.8 Å². The summed E-state index contributed by atoms with van der Waals surface area (Å²) >= 11 is 0. The summed E-state index contributed by atoms with van der Waals surface area (Å²) in [5.41, 5.74) is 3.38. The molecule has 0 aromatic heterocycles. The van der Waals surface area contributed by atoms with Crippen molar-refractivity contribution in [2.45, 2.75) is 74.0 Å². The Morgan fingerprint density at radius 2 is 0.892 bits per heavy atom. The van der Waals surface area contributed by atoms with E-state index in [1.165, 1.54) is 20.2 Å². The zero-order valence-corrected chi connectivity index (χ0v) is 23.6. The van der Waals surface area contributed by atoms with E-state index in [1.807, 2.05) is 39.8 Å². The van der Waals surface area contributed by atoms with Crippen molar-refractivity contribution in [1.82, 2.24) is 0 Å². The Labute approximate surface area is 225 Å². The molecule has 0 saturated heterocycles. The summed E-state index contributed by atoms with van der Waals surface area (Å²) in [6.07, 6.45) is 0. The van der Waals surface area contributed by atoms with Gasteiger partial charge in [0.15, 0.2) is 14.7 Å². The van der Waals surface area contributed by atoms with Crippen LogP contribution in [-0.4, -0.2) is 5.97 Å². The number of hydrogen-bond acceptors (Lipinski definition) is 2. The van der Waals surface area contributed by atoms with Crippen LogP contribution in [0.15, 0.2) is 118 Å². The van der Waals surface area contributed by atoms with Crippen LogP contribution in [0.3, 0.4) is 0 Å². The first kappa shape index (κ1) is 28.3. The summed E-state index contributed by atoms with van der Waals surface area (Å²) in [4.78, 5) is 15.5. The van der Waals surface area contributed by atoms with Gasteiger partial charge in [-0.15, -0.1) is 0 Å². The van der Waals surface area contributed by atoms with E-state index >= 15 is 0 Å². The molecule has 0 fully saturated rings. The number of carboxylic acids is 1. The lowest BCUT2D eigenvalue weighted by atomic mass is 9.84. The molecule has 0 aliphatic rings. The predicted octanol–water partition coefficient (Wildman–Crippen LogP) is 8.20. The Bertz CT molecular complexity index is 1140. The number of carboxylic acid groups (broad SMARTS) is 1. The molecule has 0 N–H and O–H groups in total. The molecule has 0 aliphatic carbocycles. The van der Waals surface area contributed by atoms with Crippen molar-refractivity contribution in [3.05, 3.63) is 125 Å². The van der Waals surface area contributed by atoms with Crippen LogP contribution in [0.2, 0.25) is 0 Å². The van der Waals surface area contributed by atoms with Crippen molar-refractivity contribution < 1.29 is 9.90 Å². The molecule has 0 saturated carbocycles.